The molecule has 1 N–H and O–H groups in total. The van der Waals surface area contributed by atoms with E-state index in [1.54, 1.807) is 30.2 Å². The largest absolute Gasteiger partial charge is 0.495 e. The first-order valence-corrected chi connectivity index (χ1v) is 9.35. The topological polar surface area (TPSA) is 58.6 Å². The van der Waals surface area contributed by atoms with Gasteiger partial charge in [-0.05, 0) is 42.7 Å². The van der Waals surface area contributed by atoms with E-state index in [0.717, 1.165) is 23.2 Å². The molecule has 1 heterocycles. The summed E-state index contributed by atoms with van der Waals surface area (Å²) in [6.45, 7) is 4.32. The zero-order valence-electron chi connectivity index (χ0n) is 15.7. The Kier molecular flexibility index (Phi) is 5.71. The monoisotopic (exact) mass is 386 g/mol. The number of amides is 2. The van der Waals surface area contributed by atoms with Crippen molar-refractivity contribution in [2.24, 2.45) is 5.92 Å². The number of nitrogens with zero attached hydrogens (tertiary/aromatic N) is 1. The first-order valence-electron chi connectivity index (χ1n) is 8.97. The first-order chi connectivity index (χ1) is 12.9. The molecular weight excluding hydrogens is 364 g/mol. The van der Waals surface area contributed by atoms with Crippen molar-refractivity contribution in [1.82, 2.24) is 0 Å². The first kappa shape index (κ1) is 19.2. The molecule has 142 valence electrons. The van der Waals surface area contributed by atoms with Gasteiger partial charge in [0.05, 0.1) is 18.7 Å². The lowest BCUT2D eigenvalue weighted by Crippen LogP contribution is -2.28. The van der Waals surface area contributed by atoms with Crippen LogP contribution in [0.15, 0.2) is 36.4 Å². The third-order valence-electron chi connectivity index (χ3n) is 4.92. The van der Waals surface area contributed by atoms with Gasteiger partial charge in [-0.25, -0.2) is 0 Å². The molecule has 0 bridgehead atoms. The quantitative estimate of drug-likeness (QED) is 0.837. The average molecular weight is 387 g/mol. The zero-order chi connectivity index (χ0) is 19.6. The van der Waals surface area contributed by atoms with Crippen LogP contribution in [0, 0.1) is 12.8 Å². The Labute approximate surface area is 164 Å². The minimum atomic E-state index is -0.425. The van der Waals surface area contributed by atoms with Gasteiger partial charge in [-0.15, -0.1) is 0 Å². The highest BCUT2D eigenvalue weighted by Gasteiger charge is 2.36. The number of benzene rings is 2. The van der Waals surface area contributed by atoms with Crippen molar-refractivity contribution in [2.45, 2.75) is 26.7 Å². The van der Waals surface area contributed by atoms with Crippen LogP contribution < -0.4 is 15.0 Å². The van der Waals surface area contributed by atoms with E-state index in [0.29, 0.717) is 23.0 Å². The second-order valence-electron chi connectivity index (χ2n) is 6.67. The molecule has 0 aromatic heterocycles. The summed E-state index contributed by atoms with van der Waals surface area (Å²) in [5, 5.41) is 3.54. The van der Waals surface area contributed by atoms with Crippen LogP contribution in [0.4, 0.5) is 11.4 Å². The van der Waals surface area contributed by atoms with Crippen molar-refractivity contribution in [3.63, 3.8) is 0 Å². The van der Waals surface area contributed by atoms with Crippen LogP contribution in [0.5, 0.6) is 5.75 Å². The fourth-order valence-electron chi connectivity index (χ4n) is 3.42. The number of halogens is 1. The zero-order valence-corrected chi connectivity index (χ0v) is 16.5. The van der Waals surface area contributed by atoms with Gasteiger partial charge in [0.25, 0.3) is 0 Å². The number of carbonyl (C=O) groups excluding carboxylic acids is 2. The Morgan fingerprint density at radius 2 is 2.11 bits per heavy atom. The maximum Gasteiger partial charge on any atom is 0.229 e. The van der Waals surface area contributed by atoms with E-state index in [-0.39, 0.29) is 18.2 Å². The fraction of sp³-hybridized carbons (Fsp3) is 0.333. The number of para-hydroxylation sites is 1. The van der Waals surface area contributed by atoms with Crippen LogP contribution in [-0.4, -0.2) is 25.5 Å². The molecule has 1 aliphatic rings. The van der Waals surface area contributed by atoms with Gasteiger partial charge in [0.1, 0.15) is 5.75 Å². The highest BCUT2D eigenvalue weighted by atomic mass is 35.5. The molecule has 1 atom stereocenters. The lowest BCUT2D eigenvalue weighted by molar-refractivity contribution is -0.122. The van der Waals surface area contributed by atoms with Crippen LogP contribution in [0.2, 0.25) is 5.02 Å². The molecule has 2 aromatic rings. The van der Waals surface area contributed by atoms with E-state index >= 15 is 0 Å². The van der Waals surface area contributed by atoms with Crippen LogP contribution in [-0.2, 0) is 16.0 Å². The van der Waals surface area contributed by atoms with Crippen molar-refractivity contribution in [2.75, 3.05) is 23.9 Å². The van der Waals surface area contributed by atoms with Gasteiger partial charge in [-0.3, -0.25) is 9.59 Å². The fourth-order valence-corrected chi connectivity index (χ4v) is 3.58. The number of rotatable bonds is 5. The Morgan fingerprint density at radius 3 is 2.81 bits per heavy atom. The lowest BCUT2D eigenvalue weighted by Gasteiger charge is -2.20. The molecule has 5 nitrogen and oxygen atoms in total. The SMILES string of the molecule is CCc1cccc(C)c1NC(=O)[C@H]1CC(=O)N(c2cc(Cl)ccc2OC)C1. The number of anilines is 2. The summed E-state index contributed by atoms with van der Waals surface area (Å²) in [7, 11) is 1.54. The Bertz CT molecular complexity index is 882. The summed E-state index contributed by atoms with van der Waals surface area (Å²) in [5.41, 5.74) is 3.54. The summed E-state index contributed by atoms with van der Waals surface area (Å²) in [6, 6.07) is 11.1. The van der Waals surface area contributed by atoms with E-state index in [2.05, 4.69) is 12.2 Å². The Morgan fingerprint density at radius 1 is 1.33 bits per heavy atom. The second-order valence-corrected chi connectivity index (χ2v) is 7.11. The number of aryl methyl sites for hydroxylation is 2. The van der Waals surface area contributed by atoms with Gasteiger partial charge in [-0.2, -0.15) is 0 Å². The smallest absolute Gasteiger partial charge is 0.229 e. The van der Waals surface area contributed by atoms with Crippen molar-refractivity contribution >= 4 is 34.8 Å². The van der Waals surface area contributed by atoms with Crippen LogP contribution >= 0.6 is 11.6 Å². The Hall–Kier alpha value is -2.53. The average Bonchev–Trinajstić information content (AvgIpc) is 3.05. The number of hydrogen-bond donors (Lipinski definition) is 1. The molecule has 0 radical (unpaired) electrons. The molecule has 27 heavy (non-hydrogen) atoms. The van der Waals surface area contributed by atoms with E-state index in [1.165, 1.54) is 0 Å². The molecule has 0 unspecified atom stereocenters. The Balaban J connectivity index is 1.80. The van der Waals surface area contributed by atoms with Crippen LogP contribution in [0.3, 0.4) is 0 Å². The number of nitrogens with one attached hydrogen (secondary N) is 1. The number of carbonyl (C=O) groups is 2. The number of methoxy groups -OCH3 is 1. The van der Waals surface area contributed by atoms with Gasteiger partial charge in [-0.1, -0.05) is 36.7 Å². The second kappa shape index (κ2) is 8.01. The summed E-state index contributed by atoms with van der Waals surface area (Å²) < 4.78 is 5.35. The van der Waals surface area contributed by atoms with Crippen molar-refractivity contribution in [3.05, 3.63) is 52.5 Å². The molecule has 0 aliphatic carbocycles. The molecule has 1 saturated heterocycles. The maximum atomic E-state index is 12.8. The van der Waals surface area contributed by atoms with Crippen molar-refractivity contribution in [3.8, 4) is 5.75 Å². The van der Waals surface area contributed by atoms with Crippen molar-refractivity contribution < 1.29 is 14.3 Å². The van der Waals surface area contributed by atoms with Crippen LogP contribution in [0.25, 0.3) is 0 Å². The van der Waals surface area contributed by atoms with Gasteiger partial charge < -0.3 is 15.0 Å². The molecule has 2 aromatic carbocycles. The normalized spacial score (nSPS) is 16.5. The predicted octanol–water partition coefficient (Wildman–Crippen LogP) is 4.21. The molecule has 0 spiro atoms. The predicted molar refractivity (Wildman–Crippen MR) is 108 cm³/mol. The molecule has 3 rings (SSSR count). The summed E-state index contributed by atoms with van der Waals surface area (Å²) in [6.07, 6.45) is 0.988. The van der Waals surface area contributed by atoms with Gasteiger partial charge in [0, 0.05) is 23.7 Å². The number of ether oxygens (including phenoxy) is 1. The third-order valence-corrected chi connectivity index (χ3v) is 5.15. The van der Waals surface area contributed by atoms with Gasteiger partial charge in [0.15, 0.2) is 0 Å². The third kappa shape index (κ3) is 3.93. The lowest BCUT2D eigenvalue weighted by atomic mass is 10.0. The van der Waals surface area contributed by atoms with E-state index in [4.69, 9.17) is 16.3 Å². The summed E-state index contributed by atoms with van der Waals surface area (Å²) in [4.78, 5) is 27.0. The van der Waals surface area contributed by atoms with Gasteiger partial charge in [0.2, 0.25) is 11.8 Å². The minimum Gasteiger partial charge on any atom is -0.495 e. The maximum absolute atomic E-state index is 12.8. The summed E-state index contributed by atoms with van der Waals surface area (Å²) in [5.74, 6) is -0.126. The minimum absolute atomic E-state index is 0.115. The standard InChI is InChI=1S/C21H23ClN2O3/c1-4-14-7-5-6-13(2)20(14)23-21(26)15-10-19(25)24(12-15)17-11-16(22)8-9-18(17)27-3/h5-9,11,15H,4,10,12H2,1-3H3,(H,23,26)/t15-/m0/s1. The number of hydrogen-bond acceptors (Lipinski definition) is 3. The molecule has 2 amide bonds. The molecule has 6 heteroatoms. The highest BCUT2D eigenvalue weighted by Crippen LogP contribution is 2.35. The molecule has 1 aliphatic heterocycles. The highest BCUT2D eigenvalue weighted by molar-refractivity contribution is 6.31. The van der Waals surface area contributed by atoms with E-state index < -0.39 is 5.92 Å². The van der Waals surface area contributed by atoms with Crippen LogP contribution in [0.1, 0.15) is 24.5 Å². The molecule has 1 fully saturated rings. The van der Waals surface area contributed by atoms with Gasteiger partial charge >= 0.3 is 0 Å². The molecular formula is C21H23ClN2O3. The van der Waals surface area contributed by atoms with E-state index in [1.807, 2.05) is 25.1 Å². The summed E-state index contributed by atoms with van der Waals surface area (Å²) >= 11 is 6.08. The molecule has 0 saturated carbocycles. The van der Waals surface area contributed by atoms with Crippen molar-refractivity contribution in [1.29, 1.82) is 0 Å². The van der Waals surface area contributed by atoms with E-state index in [9.17, 15) is 9.59 Å².